The Hall–Kier alpha value is -2.50. The lowest BCUT2D eigenvalue weighted by Gasteiger charge is -2.30. The van der Waals surface area contributed by atoms with E-state index in [1.807, 2.05) is 42.6 Å². The molecule has 1 aliphatic heterocycles. The van der Waals surface area contributed by atoms with Gasteiger partial charge in [-0.3, -0.25) is 4.79 Å². The van der Waals surface area contributed by atoms with Crippen LogP contribution in [-0.2, 0) is 14.9 Å². The first-order valence-corrected chi connectivity index (χ1v) is 10.1. The van der Waals surface area contributed by atoms with Crippen LogP contribution in [0.1, 0.15) is 18.4 Å². The Morgan fingerprint density at radius 1 is 1.14 bits per heavy atom. The van der Waals surface area contributed by atoms with Gasteiger partial charge >= 0.3 is 0 Å². The lowest BCUT2D eigenvalue weighted by Crippen LogP contribution is -2.37. The number of para-hydroxylation sites is 2. The van der Waals surface area contributed by atoms with E-state index in [0.29, 0.717) is 18.2 Å². The number of aromatic nitrogens is 1. The maximum Gasteiger partial charge on any atom is 0.235 e. The van der Waals surface area contributed by atoms with Gasteiger partial charge in [-0.2, -0.15) is 0 Å². The van der Waals surface area contributed by atoms with E-state index in [0.717, 1.165) is 53.8 Å². The van der Waals surface area contributed by atoms with Crippen molar-refractivity contribution in [2.75, 3.05) is 36.5 Å². The molecule has 2 fully saturated rings. The fraction of sp³-hybridized carbons (Fsp3) is 0.318. The number of fused-ring (bicyclic) bond motifs is 1. The highest BCUT2D eigenvalue weighted by molar-refractivity contribution is 6.31. The third kappa shape index (κ3) is 2.95. The number of hydrogen-bond donors (Lipinski definition) is 2. The number of rotatable bonds is 4. The number of amides is 1. The first kappa shape index (κ1) is 17.6. The number of carbonyl (C=O) groups is 1. The van der Waals surface area contributed by atoms with Crippen LogP contribution in [0.3, 0.4) is 0 Å². The van der Waals surface area contributed by atoms with Crippen LogP contribution in [0, 0.1) is 0 Å². The molecule has 3 aromatic rings. The summed E-state index contributed by atoms with van der Waals surface area (Å²) in [7, 11) is 0. The molecule has 1 saturated heterocycles. The molecule has 0 spiro atoms. The Morgan fingerprint density at radius 2 is 1.93 bits per heavy atom. The van der Waals surface area contributed by atoms with Gasteiger partial charge in [-0.25, -0.2) is 0 Å². The van der Waals surface area contributed by atoms with Gasteiger partial charge in [0, 0.05) is 35.2 Å². The summed E-state index contributed by atoms with van der Waals surface area (Å²) < 4.78 is 5.46. The zero-order valence-corrected chi connectivity index (χ0v) is 16.3. The molecular formula is C22H22ClN3O2. The number of nitrogens with one attached hydrogen (secondary N) is 2. The largest absolute Gasteiger partial charge is 0.378 e. The average Bonchev–Trinajstić information content (AvgIpc) is 3.43. The molecule has 1 saturated carbocycles. The Bertz CT molecular complexity index is 1040. The molecule has 1 aromatic heterocycles. The number of halogens is 1. The molecule has 5 nitrogen and oxygen atoms in total. The average molecular weight is 396 g/mol. The van der Waals surface area contributed by atoms with Crippen LogP contribution in [0.4, 0.5) is 11.4 Å². The Labute approximate surface area is 168 Å². The van der Waals surface area contributed by atoms with Crippen molar-refractivity contribution in [1.29, 1.82) is 0 Å². The van der Waals surface area contributed by atoms with Crippen LogP contribution in [-0.4, -0.2) is 37.2 Å². The molecule has 2 aliphatic rings. The van der Waals surface area contributed by atoms with Gasteiger partial charge in [0.25, 0.3) is 0 Å². The van der Waals surface area contributed by atoms with Gasteiger partial charge in [0.05, 0.1) is 30.0 Å². The monoisotopic (exact) mass is 395 g/mol. The van der Waals surface area contributed by atoms with Crippen molar-refractivity contribution in [3.63, 3.8) is 0 Å². The summed E-state index contributed by atoms with van der Waals surface area (Å²) >= 11 is 6.20. The molecule has 0 unspecified atom stereocenters. The summed E-state index contributed by atoms with van der Waals surface area (Å²) in [5.74, 6) is 0.0501. The topological polar surface area (TPSA) is 57.4 Å². The minimum atomic E-state index is -0.485. The number of morpholine rings is 1. The predicted octanol–water partition coefficient (Wildman–Crippen LogP) is 4.33. The summed E-state index contributed by atoms with van der Waals surface area (Å²) in [4.78, 5) is 18.9. The third-order valence-electron chi connectivity index (χ3n) is 5.85. The highest BCUT2D eigenvalue weighted by Gasteiger charge is 2.52. The number of H-pyrrole nitrogens is 1. The van der Waals surface area contributed by atoms with E-state index in [1.54, 1.807) is 0 Å². The van der Waals surface area contributed by atoms with E-state index in [9.17, 15) is 4.79 Å². The molecule has 1 amide bonds. The van der Waals surface area contributed by atoms with Crippen LogP contribution >= 0.6 is 11.6 Å². The van der Waals surface area contributed by atoms with E-state index >= 15 is 0 Å². The van der Waals surface area contributed by atoms with Gasteiger partial charge in [-0.15, -0.1) is 0 Å². The van der Waals surface area contributed by atoms with Crippen LogP contribution in [0.2, 0.25) is 5.02 Å². The molecule has 2 N–H and O–H groups in total. The van der Waals surface area contributed by atoms with Crippen LogP contribution in [0.15, 0.2) is 48.7 Å². The zero-order chi connectivity index (χ0) is 19.1. The molecule has 0 atom stereocenters. The van der Waals surface area contributed by atoms with Crippen LogP contribution in [0.5, 0.6) is 0 Å². The smallest absolute Gasteiger partial charge is 0.235 e. The fourth-order valence-electron chi connectivity index (χ4n) is 4.13. The number of benzene rings is 2. The quantitative estimate of drug-likeness (QED) is 0.691. The van der Waals surface area contributed by atoms with E-state index in [2.05, 4.69) is 21.3 Å². The van der Waals surface area contributed by atoms with E-state index in [1.165, 1.54) is 0 Å². The molecule has 0 bridgehead atoms. The summed E-state index contributed by atoms with van der Waals surface area (Å²) in [5, 5.41) is 4.92. The number of nitrogens with zero attached hydrogens (tertiary/aromatic N) is 1. The van der Waals surface area contributed by atoms with E-state index in [-0.39, 0.29) is 5.91 Å². The number of hydrogen-bond acceptors (Lipinski definition) is 3. The van der Waals surface area contributed by atoms with Gasteiger partial charge in [0.15, 0.2) is 0 Å². The van der Waals surface area contributed by atoms with Crippen LogP contribution in [0.25, 0.3) is 10.9 Å². The summed E-state index contributed by atoms with van der Waals surface area (Å²) in [5.41, 5.74) is 3.47. The number of ether oxygens (including phenoxy) is 1. The number of anilines is 2. The molecule has 6 heteroatoms. The predicted molar refractivity (Wildman–Crippen MR) is 112 cm³/mol. The molecular weight excluding hydrogens is 374 g/mol. The molecule has 144 valence electrons. The van der Waals surface area contributed by atoms with E-state index < -0.39 is 5.41 Å². The van der Waals surface area contributed by atoms with Crippen molar-refractivity contribution in [2.24, 2.45) is 0 Å². The molecule has 2 heterocycles. The standard InChI is InChI=1S/C22H22ClN3O2/c23-15-5-6-18-16(13-15)17(14-24-18)22(7-8-22)21(27)25-19-3-1-2-4-20(19)26-9-11-28-12-10-26/h1-6,13-14,24H,7-12H2,(H,25,27). The van der Waals surface area contributed by atoms with Gasteiger partial charge in [0.2, 0.25) is 5.91 Å². The maximum absolute atomic E-state index is 13.4. The maximum atomic E-state index is 13.4. The number of carbonyl (C=O) groups excluding carboxylic acids is 1. The Balaban J connectivity index is 1.45. The summed E-state index contributed by atoms with van der Waals surface area (Å²) in [6, 6.07) is 13.8. The fourth-order valence-corrected chi connectivity index (χ4v) is 4.31. The van der Waals surface area contributed by atoms with Crippen molar-refractivity contribution in [3.8, 4) is 0 Å². The van der Waals surface area contributed by atoms with Gasteiger partial charge in [0.1, 0.15) is 0 Å². The van der Waals surface area contributed by atoms with E-state index in [4.69, 9.17) is 16.3 Å². The van der Waals surface area contributed by atoms with Crippen molar-refractivity contribution in [1.82, 2.24) is 4.98 Å². The SMILES string of the molecule is O=C(Nc1ccccc1N1CCOCC1)C1(c2c[nH]c3ccc(Cl)cc23)CC1. The first-order chi connectivity index (χ1) is 13.7. The lowest BCUT2D eigenvalue weighted by molar-refractivity contribution is -0.118. The second-order valence-electron chi connectivity index (χ2n) is 7.55. The molecule has 2 aromatic carbocycles. The molecule has 28 heavy (non-hydrogen) atoms. The summed E-state index contributed by atoms with van der Waals surface area (Å²) in [6.45, 7) is 3.09. The van der Waals surface area contributed by atoms with Crippen LogP contribution < -0.4 is 10.2 Å². The first-order valence-electron chi connectivity index (χ1n) is 9.68. The highest BCUT2D eigenvalue weighted by atomic mass is 35.5. The molecule has 0 radical (unpaired) electrons. The molecule has 1 aliphatic carbocycles. The minimum Gasteiger partial charge on any atom is -0.378 e. The summed E-state index contributed by atoms with van der Waals surface area (Å²) in [6.07, 6.45) is 3.65. The van der Waals surface area contributed by atoms with Crippen molar-refractivity contribution in [2.45, 2.75) is 18.3 Å². The second kappa shape index (κ2) is 6.83. The highest BCUT2D eigenvalue weighted by Crippen LogP contribution is 2.51. The van der Waals surface area contributed by atoms with Crippen molar-refractivity contribution >= 4 is 39.8 Å². The third-order valence-corrected chi connectivity index (χ3v) is 6.08. The normalized spacial score (nSPS) is 18.2. The Kier molecular flexibility index (Phi) is 4.29. The van der Waals surface area contributed by atoms with Crippen molar-refractivity contribution in [3.05, 3.63) is 59.2 Å². The number of aromatic amines is 1. The van der Waals surface area contributed by atoms with Gasteiger partial charge < -0.3 is 19.9 Å². The molecule has 5 rings (SSSR count). The zero-order valence-electron chi connectivity index (χ0n) is 15.5. The minimum absolute atomic E-state index is 0.0501. The lowest BCUT2D eigenvalue weighted by atomic mass is 9.94. The van der Waals surface area contributed by atoms with Crippen molar-refractivity contribution < 1.29 is 9.53 Å². The van der Waals surface area contributed by atoms with Gasteiger partial charge in [-0.1, -0.05) is 23.7 Å². The van der Waals surface area contributed by atoms with Gasteiger partial charge in [-0.05, 0) is 48.7 Å². The second-order valence-corrected chi connectivity index (χ2v) is 7.98. The Morgan fingerprint density at radius 3 is 2.71 bits per heavy atom.